The summed E-state index contributed by atoms with van der Waals surface area (Å²) in [5.74, 6) is 0.425. The summed E-state index contributed by atoms with van der Waals surface area (Å²) in [7, 11) is 0. The van der Waals surface area contributed by atoms with E-state index in [4.69, 9.17) is 4.42 Å². The van der Waals surface area contributed by atoms with Gasteiger partial charge in [0.2, 0.25) is 0 Å². The second-order valence-electron chi connectivity index (χ2n) is 6.97. The summed E-state index contributed by atoms with van der Waals surface area (Å²) in [5.41, 5.74) is 2.85. The number of aromatic amines is 1. The smallest absolute Gasteiger partial charge is 0.349 e. The summed E-state index contributed by atoms with van der Waals surface area (Å²) < 4.78 is 5.48. The topological polar surface area (TPSA) is 100 Å². The van der Waals surface area contributed by atoms with E-state index in [1.165, 1.54) is 0 Å². The van der Waals surface area contributed by atoms with Crippen molar-refractivity contribution in [1.29, 1.82) is 0 Å². The van der Waals surface area contributed by atoms with Gasteiger partial charge in [0, 0.05) is 19.0 Å². The van der Waals surface area contributed by atoms with E-state index in [1.54, 1.807) is 13.3 Å². The van der Waals surface area contributed by atoms with Gasteiger partial charge in [-0.25, -0.2) is 9.78 Å². The van der Waals surface area contributed by atoms with Crippen molar-refractivity contribution in [3.05, 3.63) is 63.5 Å². The summed E-state index contributed by atoms with van der Waals surface area (Å²) in [6.07, 6.45) is 3.67. The lowest BCUT2D eigenvalue weighted by Gasteiger charge is -2.22. The Bertz CT molecular complexity index is 1030. The Balaban J connectivity index is 1.50. The van der Waals surface area contributed by atoms with Crippen LogP contribution in [0.5, 0.6) is 0 Å². The number of H-pyrrole nitrogens is 1. The van der Waals surface area contributed by atoms with Crippen molar-refractivity contribution in [1.82, 2.24) is 20.6 Å². The van der Waals surface area contributed by atoms with Crippen LogP contribution in [-0.2, 0) is 6.54 Å². The monoisotopic (exact) mass is 366 g/mol. The lowest BCUT2D eigenvalue weighted by molar-refractivity contribution is 0.0945. The van der Waals surface area contributed by atoms with Crippen LogP contribution >= 0.6 is 0 Å². The molecule has 0 spiro atoms. The Morgan fingerprint density at radius 3 is 3.04 bits per heavy atom. The molecule has 1 saturated heterocycles. The van der Waals surface area contributed by atoms with Gasteiger partial charge in [0.15, 0.2) is 0 Å². The molecule has 3 heterocycles. The highest BCUT2D eigenvalue weighted by molar-refractivity contribution is 5.95. The maximum atomic E-state index is 12.6. The number of carbonyl (C=O) groups is 1. The Kier molecular flexibility index (Phi) is 4.77. The summed E-state index contributed by atoms with van der Waals surface area (Å²) in [6.45, 7) is 3.89. The Labute approximate surface area is 156 Å². The fourth-order valence-electron chi connectivity index (χ4n) is 3.57. The molecule has 27 heavy (non-hydrogen) atoms. The van der Waals surface area contributed by atoms with E-state index in [-0.39, 0.29) is 11.5 Å². The molecule has 1 unspecified atom stereocenters. The number of carbonyl (C=O) groups excluding carboxylic acids is 1. The lowest BCUT2D eigenvalue weighted by atomic mass is 9.95. The molecule has 4 rings (SSSR count). The molecule has 0 aliphatic carbocycles. The first-order valence-corrected chi connectivity index (χ1v) is 9.17. The first kappa shape index (κ1) is 17.5. The number of imidazole rings is 1. The first-order valence-electron chi connectivity index (χ1n) is 9.17. The molecule has 0 saturated carbocycles. The van der Waals surface area contributed by atoms with Gasteiger partial charge in [0.05, 0.1) is 17.4 Å². The average Bonchev–Trinajstić information content (AvgIpc) is 3.14. The minimum Gasteiger partial charge on any atom is -0.427 e. The largest absolute Gasteiger partial charge is 0.427 e. The summed E-state index contributed by atoms with van der Waals surface area (Å²) >= 11 is 0. The van der Waals surface area contributed by atoms with Gasteiger partial charge in [-0.15, -0.1) is 0 Å². The molecule has 7 nitrogen and oxygen atoms in total. The standard InChI is InChI=1S/C20H22N4O3/c1-12-7-17(14-3-2-6-21-10-14)27-20(26)18(12)19(25)22-9-13-4-5-15-16(8-13)24-11-23-15/h4-5,7-8,11,14,21H,2-3,6,9-10H2,1H3,(H,22,25)(H,23,24). The predicted octanol–water partition coefficient (Wildman–Crippen LogP) is 2.22. The number of piperidine rings is 1. The van der Waals surface area contributed by atoms with E-state index in [1.807, 2.05) is 24.3 Å². The Morgan fingerprint density at radius 2 is 2.26 bits per heavy atom. The number of nitrogens with zero attached hydrogens (tertiary/aromatic N) is 1. The van der Waals surface area contributed by atoms with Crippen LogP contribution < -0.4 is 16.3 Å². The van der Waals surface area contributed by atoms with Gasteiger partial charge in [-0.2, -0.15) is 0 Å². The van der Waals surface area contributed by atoms with Crippen molar-refractivity contribution in [2.45, 2.75) is 32.2 Å². The number of amides is 1. The first-order chi connectivity index (χ1) is 13.1. The second kappa shape index (κ2) is 7.36. The van der Waals surface area contributed by atoms with Crippen molar-refractivity contribution < 1.29 is 9.21 Å². The van der Waals surface area contributed by atoms with Gasteiger partial charge < -0.3 is 20.0 Å². The molecule has 1 atom stereocenters. The molecule has 3 N–H and O–H groups in total. The van der Waals surface area contributed by atoms with Gasteiger partial charge in [-0.05, 0) is 55.6 Å². The number of aryl methyl sites for hydroxylation is 1. The average molecular weight is 366 g/mol. The molecular weight excluding hydrogens is 344 g/mol. The summed E-state index contributed by atoms with van der Waals surface area (Å²) in [6, 6.07) is 7.54. The molecule has 140 valence electrons. The zero-order chi connectivity index (χ0) is 18.8. The van der Waals surface area contributed by atoms with Crippen molar-refractivity contribution in [2.75, 3.05) is 13.1 Å². The van der Waals surface area contributed by atoms with Gasteiger partial charge in [-0.1, -0.05) is 6.07 Å². The van der Waals surface area contributed by atoms with Crippen molar-refractivity contribution in [2.24, 2.45) is 0 Å². The number of hydrogen-bond acceptors (Lipinski definition) is 5. The fraction of sp³-hybridized carbons (Fsp3) is 0.350. The van der Waals surface area contributed by atoms with E-state index in [0.29, 0.717) is 17.9 Å². The molecule has 1 fully saturated rings. The zero-order valence-corrected chi connectivity index (χ0v) is 15.2. The third-order valence-electron chi connectivity index (χ3n) is 5.03. The van der Waals surface area contributed by atoms with E-state index in [0.717, 1.165) is 42.5 Å². The van der Waals surface area contributed by atoms with E-state index < -0.39 is 11.5 Å². The third kappa shape index (κ3) is 3.64. The van der Waals surface area contributed by atoms with Crippen LogP contribution in [0.1, 0.15) is 46.0 Å². The van der Waals surface area contributed by atoms with E-state index in [2.05, 4.69) is 20.6 Å². The van der Waals surface area contributed by atoms with Crippen LogP contribution in [0.25, 0.3) is 11.0 Å². The number of fused-ring (bicyclic) bond motifs is 1. The molecule has 0 bridgehead atoms. The van der Waals surface area contributed by atoms with Gasteiger partial charge in [-0.3, -0.25) is 4.79 Å². The minimum atomic E-state index is -0.572. The highest BCUT2D eigenvalue weighted by atomic mass is 16.4. The molecule has 1 aromatic carbocycles. The number of rotatable bonds is 4. The minimum absolute atomic E-state index is 0.0742. The van der Waals surface area contributed by atoms with Crippen LogP contribution in [0, 0.1) is 6.92 Å². The maximum Gasteiger partial charge on any atom is 0.349 e. The van der Waals surface area contributed by atoms with Crippen molar-refractivity contribution in [3.63, 3.8) is 0 Å². The highest BCUT2D eigenvalue weighted by Crippen LogP contribution is 2.23. The van der Waals surface area contributed by atoms with Crippen LogP contribution in [-0.4, -0.2) is 29.0 Å². The predicted molar refractivity (Wildman–Crippen MR) is 102 cm³/mol. The zero-order valence-electron chi connectivity index (χ0n) is 15.2. The maximum absolute atomic E-state index is 12.6. The SMILES string of the molecule is Cc1cc(C2CCCNC2)oc(=O)c1C(=O)NCc1ccc2nc[nH]c2c1. The van der Waals surface area contributed by atoms with Crippen LogP contribution in [0.4, 0.5) is 0 Å². The Morgan fingerprint density at radius 1 is 1.37 bits per heavy atom. The fourth-order valence-corrected chi connectivity index (χ4v) is 3.57. The molecular formula is C20H22N4O3. The number of aromatic nitrogens is 2. The van der Waals surface area contributed by atoms with Crippen molar-refractivity contribution in [3.8, 4) is 0 Å². The lowest BCUT2D eigenvalue weighted by Crippen LogP contribution is -2.31. The quantitative estimate of drug-likeness (QED) is 0.657. The molecule has 3 aromatic rings. The van der Waals surface area contributed by atoms with Gasteiger partial charge >= 0.3 is 5.63 Å². The second-order valence-corrected chi connectivity index (χ2v) is 6.97. The van der Waals surface area contributed by atoms with Crippen molar-refractivity contribution >= 4 is 16.9 Å². The van der Waals surface area contributed by atoms with Gasteiger partial charge in [0.25, 0.3) is 5.91 Å². The Hall–Kier alpha value is -2.93. The van der Waals surface area contributed by atoms with E-state index in [9.17, 15) is 9.59 Å². The molecule has 1 amide bonds. The molecule has 1 aliphatic rings. The molecule has 2 aromatic heterocycles. The highest BCUT2D eigenvalue weighted by Gasteiger charge is 2.22. The molecule has 7 heteroatoms. The third-order valence-corrected chi connectivity index (χ3v) is 5.03. The van der Waals surface area contributed by atoms with E-state index >= 15 is 0 Å². The summed E-state index contributed by atoms with van der Waals surface area (Å²) in [4.78, 5) is 32.2. The van der Waals surface area contributed by atoms with Crippen LogP contribution in [0.15, 0.2) is 39.8 Å². The number of benzene rings is 1. The normalized spacial score (nSPS) is 17.1. The number of nitrogens with one attached hydrogen (secondary N) is 3. The molecule has 1 aliphatic heterocycles. The summed E-state index contributed by atoms with van der Waals surface area (Å²) in [5, 5.41) is 6.12. The number of hydrogen-bond donors (Lipinski definition) is 3. The van der Waals surface area contributed by atoms with Crippen LogP contribution in [0.3, 0.4) is 0 Å². The van der Waals surface area contributed by atoms with Gasteiger partial charge in [0.1, 0.15) is 11.3 Å². The van der Waals surface area contributed by atoms with Crippen LogP contribution in [0.2, 0.25) is 0 Å². The molecule has 0 radical (unpaired) electrons.